The number of para-hydroxylation sites is 1. The number of amides is 4. The van der Waals surface area contributed by atoms with Crippen molar-refractivity contribution < 1.29 is 14.4 Å². The highest BCUT2D eigenvalue weighted by molar-refractivity contribution is 6.15. The first-order valence-electron chi connectivity index (χ1n) is 8.77. The van der Waals surface area contributed by atoms with Crippen molar-refractivity contribution in [3.63, 3.8) is 0 Å². The predicted molar refractivity (Wildman–Crippen MR) is 104 cm³/mol. The number of benzene rings is 2. The van der Waals surface area contributed by atoms with Gasteiger partial charge < -0.3 is 10.6 Å². The van der Waals surface area contributed by atoms with Crippen molar-refractivity contribution in [3.8, 4) is 0 Å². The first-order chi connectivity index (χ1) is 13.0. The average molecular weight is 363 g/mol. The summed E-state index contributed by atoms with van der Waals surface area (Å²) in [4.78, 5) is 37.8. The molecule has 0 radical (unpaired) electrons. The molecule has 0 aromatic heterocycles. The number of urea groups is 1. The molecule has 0 atom stereocenters. The lowest BCUT2D eigenvalue weighted by atomic mass is 10.1. The number of hydrogen-bond donors (Lipinski definition) is 2. The maximum absolute atomic E-state index is 12.5. The highest BCUT2D eigenvalue weighted by Gasteiger charge is 2.34. The third-order valence-corrected chi connectivity index (χ3v) is 4.32. The lowest BCUT2D eigenvalue weighted by Gasteiger charge is -2.13. The Hall–Kier alpha value is -3.41. The van der Waals surface area contributed by atoms with E-state index in [1.807, 2.05) is 56.3 Å². The third-order valence-electron chi connectivity index (χ3n) is 4.32. The predicted octanol–water partition coefficient (Wildman–Crippen LogP) is 3.09. The van der Waals surface area contributed by atoms with Crippen molar-refractivity contribution in [2.75, 3.05) is 11.9 Å². The highest BCUT2D eigenvalue weighted by atomic mass is 16.2. The van der Waals surface area contributed by atoms with E-state index in [1.54, 1.807) is 12.1 Å². The molecule has 0 unspecified atom stereocenters. The van der Waals surface area contributed by atoms with Crippen LogP contribution in [0.5, 0.6) is 0 Å². The minimum atomic E-state index is -0.600. The van der Waals surface area contributed by atoms with Gasteiger partial charge in [0, 0.05) is 5.69 Å². The summed E-state index contributed by atoms with van der Waals surface area (Å²) in [5, 5.41) is 5.30. The van der Waals surface area contributed by atoms with Gasteiger partial charge in [0.15, 0.2) is 0 Å². The van der Waals surface area contributed by atoms with Gasteiger partial charge in [-0.15, -0.1) is 0 Å². The molecular formula is C21H21N3O3. The van der Waals surface area contributed by atoms with Gasteiger partial charge in [0.05, 0.1) is 0 Å². The fourth-order valence-electron chi connectivity index (χ4n) is 2.83. The molecule has 2 aromatic rings. The van der Waals surface area contributed by atoms with Gasteiger partial charge in [0.25, 0.3) is 5.91 Å². The van der Waals surface area contributed by atoms with E-state index in [2.05, 4.69) is 10.6 Å². The minimum Gasteiger partial charge on any atom is -0.324 e. The molecule has 6 nitrogen and oxygen atoms in total. The fourth-order valence-corrected chi connectivity index (χ4v) is 2.83. The molecule has 6 heteroatoms. The lowest BCUT2D eigenvalue weighted by Crippen LogP contribution is -2.38. The average Bonchev–Trinajstić information content (AvgIpc) is 2.91. The summed E-state index contributed by atoms with van der Waals surface area (Å²) in [6.07, 6.45) is 2.37. The normalized spacial score (nSPS) is 15.2. The summed E-state index contributed by atoms with van der Waals surface area (Å²) in [6, 6.07) is 14.4. The minimum absolute atomic E-state index is 0.158. The van der Waals surface area contributed by atoms with Gasteiger partial charge in [-0.3, -0.25) is 9.59 Å². The monoisotopic (exact) mass is 363 g/mol. The van der Waals surface area contributed by atoms with Crippen LogP contribution in [-0.4, -0.2) is 29.3 Å². The van der Waals surface area contributed by atoms with E-state index < -0.39 is 17.8 Å². The van der Waals surface area contributed by atoms with E-state index in [1.165, 1.54) is 0 Å². The van der Waals surface area contributed by atoms with Crippen molar-refractivity contribution in [2.45, 2.75) is 20.3 Å². The van der Waals surface area contributed by atoms with E-state index >= 15 is 0 Å². The largest absolute Gasteiger partial charge is 0.329 e. The molecule has 1 aliphatic rings. The fraction of sp³-hybridized carbons (Fsp3) is 0.190. The van der Waals surface area contributed by atoms with E-state index in [0.29, 0.717) is 5.69 Å². The second-order valence-corrected chi connectivity index (χ2v) is 6.35. The Kier molecular flexibility index (Phi) is 5.35. The summed E-state index contributed by atoms with van der Waals surface area (Å²) in [6.45, 7) is 3.62. The van der Waals surface area contributed by atoms with E-state index in [9.17, 15) is 14.4 Å². The molecule has 2 aromatic carbocycles. The van der Waals surface area contributed by atoms with Crippen LogP contribution in [0.1, 0.15) is 23.6 Å². The number of rotatable bonds is 5. The number of imide groups is 1. The van der Waals surface area contributed by atoms with Gasteiger partial charge in [0.2, 0.25) is 5.91 Å². The van der Waals surface area contributed by atoms with E-state index in [-0.39, 0.29) is 12.2 Å². The Bertz CT molecular complexity index is 917. The summed E-state index contributed by atoms with van der Waals surface area (Å²) in [5.41, 5.74) is 3.73. The Balaban J connectivity index is 1.70. The van der Waals surface area contributed by atoms with Gasteiger partial charge in [0.1, 0.15) is 12.2 Å². The van der Waals surface area contributed by atoms with Gasteiger partial charge in [-0.2, -0.15) is 0 Å². The van der Waals surface area contributed by atoms with Gasteiger partial charge in [-0.05, 0) is 36.6 Å². The molecular weight excluding hydrogens is 342 g/mol. The van der Waals surface area contributed by atoms with Crippen molar-refractivity contribution in [1.82, 2.24) is 10.2 Å². The van der Waals surface area contributed by atoms with Gasteiger partial charge >= 0.3 is 6.03 Å². The zero-order valence-electron chi connectivity index (χ0n) is 15.3. The number of nitrogens with zero attached hydrogens (tertiary/aromatic N) is 1. The molecule has 0 aliphatic carbocycles. The summed E-state index contributed by atoms with van der Waals surface area (Å²) >= 11 is 0. The van der Waals surface area contributed by atoms with E-state index in [0.717, 1.165) is 28.0 Å². The second-order valence-electron chi connectivity index (χ2n) is 6.35. The molecule has 27 heavy (non-hydrogen) atoms. The van der Waals surface area contributed by atoms with E-state index in [4.69, 9.17) is 0 Å². The van der Waals surface area contributed by atoms with Crippen molar-refractivity contribution in [3.05, 3.63) is 70.9 Å². The van der Waals surface area contributed by atoms with Gasteiger partial charge in [-0.25, -0.2) is 9.69 Å². The van der Waals surface area contributed by atoms with Crippen LogP contribution in [0, 0.1) is 6.92 Å². The molecule has 1 fully saturated rings. The molecule has 1 aliphatic heterocycles. The molecule has 2 N–H and O–H groups in total. The number of carbonyl (C=O) groups excluding carboxylic acids is 3. The molecule has 138 valence electrons. The standard InChI is InChI=1S/C21H21N3O3/c1-3-16-6-4-5-7-17(16)22-19(25)13-24-20(26)18(23-21(24)27)12-15-10-8-14(2)9-11-15/h4-12H,3,13H2,1-2H3,(H,22,25)(H,23,27)/b18-12+. The molecule has 0 saturated carbocycles. The van der Waals surface area contributed by atoms with Crippen LogP contribution in [-0.2, 0) is 16.0 Å². The maximum atomic E-state index is 12.5. The Morgan fingerprint density at radius 2 is 1.81 bits per heavy atom. The zero-order valence-corrected chi connectivity index (χ0v) is 15.3. The first-order valence-corrected chi connectivity index (χ1v) is 8.77. The summed E-state index contributed by atoms with van der Waals surface area (Å²) < 4.78 is 0. The Labute approximate surface area is 157 Å². The van der Waals surface area contributed by atoms with Crippen LogP contribution in [0.3, 0.4) is 0 Å². The first kappa shape index (κ1) is 18.4. The quantitative estimate of drug-likeness (QED) is 0.633. The third kappa shape index (κ3) is 4.23. The van der Waals surface area contributed by atoms with Gasteiger partial charge in [-0.1, -0.05) is 55.0 Å². The number of aryl methyl sites for hydroxylation is 2. The SMILES string of the molecule is CCc1ccccc1NC(=O)CN1C(=O)N/C(=C/c2ccc(C)cc2)C1=O. The molecule has 4 amide bonds. The van der Waals surface area contributed by atoms with Crippen molar-refractivity contribution >= 4 is 29.6 Å². The smallest absolute Gasteiger partial charge is 0.324 e. The summed E-state index contributed by atoms with van der Waals surface area (Å²) in [7, 11) is 0. The van der Waals surface area contributed by atoms with Crippen LogP contribution < -0.4 is 10.6 Å². The molecule has 3 rings (SSSR count). The molecule has 0 bridgehead atoms. The van der Waals surface area contributed by atoms with Crippen LogP contribution >= 0.6 is 0 Å². The topological polar surface area (TPSA) is 78.5 Å². The number of carbonyl (C=O) groups is 3. The second kappa shape index (κ2) is 7.86. The lowest BCUT2D eigenvalue weighted by molar-refractivity contribution is -0.127. The molecule has 0 spiro atoms. The van der Waals surface area contributed by atoms with Crippen LogP contribution in [0.15, 0.2) is 54.2 Å². The highest BCUT2D eigenvalue weighted by Crippen LogP contribution is 2.17. The van der Waals surface area contributed by atoms with Crippen LogP contribution in [0.4, 0.5) is 10.5 Å². The Morgan fingerprint density at radius 3 is 2.52 bits per heavy atom. The number of anilines is 1. The van der Waals surface area contributed by atoms with Crippen molar-refractivity contribution in [2.24, 2.45) is 0 Å². The maximum Gasteiger partial charge on any atom is 0.329 e. The molecule has 1 saturated heterocycles. The van der Waals surface area contributed by atoms with Crippen LogP contribution in [0.25, 0.3) is 6.08 Å². The number of hydrogen-bond acceptors (Lipinski definition) is 3. The number of nitrogens with one attached hydrogen (secondary N) is 2. The molecule has 1 heterocycles. The summed E-state index contributed by atoms with van der Waals surface area (Å²) in [5.74, 6) is -0.935. The van der Waals surface area contributed by atoms with Crippen LogP contribution in [0.2, 0.25) is 0 Å². The van der Waals surface area contributed by atoms with Crippen molar-refractivity contribution in [1.29, 1.82) is 0 Å². The Morgan fingerprint density at radius 1 is 1.11 bits per heavy atom. The zero-order chi connectivity index (χ0) is 19.4.